The monoisotopic (exact) mass is 237 g/mol. The van der Waals surface area contributed by atoms with Gasteiger partial charge >= 0.3 is 5.97 Å². The number of hydrogen-bond donors (Lipinski definition) is 1. The van der Waals surface area contributed by atoms with Crippen LogP contribution >= 0.6 is 0 Å². The van der Waals surface area contributed by atoms with Crippen molar-refractivity contribution in [1.29, 1.82) is 0 Å². The quantitative estimate of drug-likeness (QED) is 0.809. The second kappa shape index (κ2) is 4.05. The molecular weight excluding hydrogens is 218 g/mol. The van der Waals surface area contributed by atoms with E-state index in [-0.39, 0.29) is 5.69 Å². The zero-order valence-electron chi connectivity index (χ0n) is 10.6. The van der Waals surface area contributed by atoms with Crippen molar-refractivity contribution in [2.24, 2.45) is 11.3 Å². The van der Waals surface area contributed by atoms with Gasteiger partial charge in [0.25, 0.3) is 0 Å². The van der Waals surface area contributed by atoms with Crippen LogP contribution in [0.15, 0.2) is 6.33 Å². The van der Waals surface area contributed by atoms with Crippen molar-refractivity contribution in [1.82, 2.24) is 9.55 Å². The Morgan fingerprint density at radius 2 is 2.35 bits per heavy atom. The minimum absolute atomic E-state index is 0.227. The zero-order valence-corrected chi connectivity index (χ0v) is 10.6. The van der Waals surface area contributed by atoms with E-state index in [2.05, 4.69) is 18.8 Å². The molecule has 94 valence electrons. The van der Waals surface area contributed by atoms with Gasteiger partial charge in [0.05, 0.1) is 12.9 Å². The van der Waals surface area contributed by atoms with E-state index in [0.29, 0.717) is 23.8 Å². The molecule has 2 N–H and O–H groups in total. The molecule has 0 aliphatic heterocycles. The van der Waals surface area contributed by atoms with Crippen LogP contribution in [0.25, 0.3) is 0 Å². The fourth-order valence-electron chi connectivity index (χ4n) is 2.02. The summed E-state index contributed by atoms with van der Waals surface area (Å²) in [5.41, 5.74) is 6.52. The molecule has 1 aliphatic rings. The molecule has 1 aromatic rings. The summed E-state index contributed by atoms with van der Waals surface area (Å²) in [6.07, 6.45) is 2.81. The minimum atomic E-state index is -0.446. The van der Waals surface area contributed by atoms with E-state index in [1.165, 1.54) is 6.42 Å². The molecule has 0 amide bonds. The van der Waals surface area contributed by atoms with E-state index < -0.39 is 5.97 Å². The molecule has 1 fully saturated rings. The average Bonchev–Trinajstić information content (AvgIpc) is 2.66. The highest BCUT2D eigenvalue weighted by atomic mass is 16.5. The summed E-state index contributed by atoms with van der Waals surface area (Å²) in [7, 11) is 0. The molecule has 1 heterocycles. The summed E-state index contributed by atoms with van der Waals surface area (Å²) in [5, 5.41) is 0. The number of ether oxygens (including phenoxy) is 1. The first-order valence-electron chi connectivity index (χ1n) is 5.93. The molecule has 0 bridgehead atoms. The SMILES string of the molecule is CCOC(=O)c1ncn(CC2CC2(C)C)c1N. The number of carbonyl (C=O) groups excluding carboxylic acids is 1. The Morgan fingerprint density at radius 1 is 1.71 bits per heavy atom. The third-order valence-electron chi connectivity index (χ3n) is 3.48. The normalized spacial score (nSPS) is 21.2. The Bertz CT molecular complexity index is 437. The van der Waals surface area contributed by atoms with E-state index in [1.807, 2.05) is 4.57 Å². The van der Waals surface area contributed by atoms with Crippen molar-refractivity contribution in [3.8, 4) is 0 Å². The van der Waals surface area contributed by atoms with Gasteiger partial charge in [-0.15, -0.1) is 0 Å². The van der Waals surface area contributed by atoms with Gasteiger partial charge < -0.3 is 15.0 Å². The van der Waals surface area contributed by atoms with Gasteiger partial charge in [0.15, 0.2) is 5.69 Å². The molecule has 2 rings (SSSR count). The molecule has 1 aromatic heterocycles. The largest absolute Gasteiger partial charge is 0.461 e. The Labute approximate surface area is 101 Å². The molecule has 1 aliphatic carbocycles. The van der Waals surface area contributed by atoms with E-state index >= 15 is 0 Å². The first-order valence-corrected chi connectivity index (χ1v) is 5.93. The first-order chi connectivity index (χ1) is 7.95. The van der Waals surface area contributed by atoms with Gasteiger partial charge in [-0.25, -0.2) is 9.78 Å². The van der Waals surface area contributed by atoms with Gasteiger partial charge in [-0.05, 0) is 24.7 Å². The molecule has 1 unspecified atom stereocenters. The molecule has 5 heteroatoms. The number of rotatable bonds is 4. The molecule has 0 spiro atoms. The Balaban J connectivity index is 2.08. The number of nitrogens with two attached hydrogens (primary N) is 1. The lowest BCUT2D eigenvalue weighted by molar-refractivity contribution is 0.0521. The summed E-state index contributed by atoms with van der Waals surface area (Å²) in [5.74, 6) is 0.582. The summed E-state index contributed by atoms with van der Waals surface area (Å²) < 4.78 is 6.73. The number of anilines is 1. The van der Waals surface area contributed by atoms with Gasteiger partial charge in [-0.1, -0.05) is 13.8 Å². The molecule has 17 heavy (non-hydrogen) atoms. The van der Waals surface area contributed by atoms with Gasteiger partial charge in [0, 0.05) is 6.54 Å². The molecule has 0 radical (unpaired) electrons. The maximum atomic E-state index is 11.5. The van der Waals surface area contributed by atoms with E-state index in [9.17, 15) is 4.79 Å². The maximum absolute atomic E-state index is 11.5. The summed E-state index contributed by atoms with van der Waals surface area (Å²) >= 11 is 0. The van der Waals surface area contributed by atoms with Crippen molar-refractivity contribution < 1.29 is 9.53 Å². The van der Waals surface area contributed by atoms with Gasteiger partial charge in [-0.2, -0.15) is 0 Å². The van der Waals surface area contributed by atoms with Crippen LogP contribution in [0.1, 0.15) is 37.7 Å². The van der Waals surface area contributed by atoms with Crippen LogP contribution in [0.4, 0.5) is 5.82 Å². The zero-order chi connectivity index (χ0) is 12.6. The number of nitrogens with zero attached hydrogens (tertiary/aromatic N) is 2. The standard InChI is InChI=1S/C12H19N3O2/c1-4-17-11(16)9-10(13)15(7-14-9)6-8-5-12(8,2)3/h7-8H,4-6,13H2,1-3H3. The summed E-state index contributed by atoms with van der Waals surface area (Å²) in [4.78, 5) is 15.6. The Kier molecular flexibility index (Phi) is 2.85. The fraction of sp³-hybridized carbons (Fsp3) is 0.667. The number of carbonyl (C=O) groups is 1. The lowest BCUT2D eigenvalue weighted by Gasteiger charge is -2.07. The Morgan fingerprint density at radius 3 is 2.88 bits per heavy atom. The molecular formula is C12H19N3O2. The molecule has 5 nitrogen and oxygen atoms in total. The second-order valence-corrected chi connectivity index (χ2v) is 5.24. The lowest BCUT2D eigenvalue weighted by Crippen LogP contribution is -2.11. The van der Waals surface area contributed by atoms with Crippen LogP contribution < -0.4 is 5.73 Å². The van der Waals surface area contributed by atoms with Crippen molar-refractivity contribution in [3.63, 3.8) is 0 Å². The van der Waals surface area contributed by atoms with Crippen LogP contribution in [-0.2, 0) is 11.3 Å². The molecule has 1 saturated carbocycles. The van der Waals surface area contributed by atoms with Crippen LogP contribution in [0.2, 0.25) is 0 Å². The van der Waals surface area contributed by atoms with E-state index in [0.717, 1.165) is 6.54 Å². The van der Waals surface area contributed by atoms with Crippen LogP contribution in [0.5, 0.6) is 0 Å². The van der Waals surface area contributed by atoms with Crippen LogP contribution in [0.3, 0.4) is 0 Å². The fourth-order valence-corrected chi connectivity index (χ4v) is 2.02. The van der Waals surface area contributed by atoms with Crippen molar-refractivity contribution in [3.05, 3.63) is 12.0 Å². The first kappa shape index (κ1) is 12.0. The second-order valence-electron chi connectivity index (χ2n) is 5.24. The van der Waals surface area contributed by atoms with Crippen molar-refractivity contribution in [2.75, 3.05) is 12.3 Å². The van der Waals surface area contributed by atoms with E-state index in [4.69, 9.17) is 10.5 Å². The van der Waals surface area contributed by atoms with Gasteiger partial charge in [-0.3, -0.25) is 0 Å². The highest BCUT2D eigenvalue weighted by Gasteiger charge is 2.45. The lowest BCUT2D eigenvalue weighted by atomic mass is 10.1. The van der Waals surface area contributed by atoms with Gasteiger partial charge in [0.1, 0.15) is 5.82 Å². The highest BCUT2D eigenvalue weighted by molar-refractivity contribution is 5.92. The number of nitrogen functional groups attached to an aromatic ring is 1. The molecule has 0 aromatic carbocycles. The molecule has 1 atom stereocenters. The van der Waals surface area contributed by atoms with Crippen molar-refractivity contribution in [2.45, 2.75) is 33.7 Å². The Hall–Kier alpha value is -1.52. The van der Waals surface area contributed by atoms with E-state index in [1.54, 1.807) is 13.3 Å². The van der Waals surface area contributed by atoms with Crippen LogP contribution in [0, 0.1) is 11.3 Å². The number of hydrogen-bond acceptors (Lipinski definition) is 4. The predicted octanol–water partition coefficient (Wildman–Crippen LogP) is 1.69. The van der Waals surface area contributed by atoms with Gasteiger partial charge in [0.2, 0.25) is 0 Å². The van der Waals surface area contributed by atoms with Crippen molar-refractivity contribution >= 4 is 11.8 Å². The third kappa shape index (κ3) is 2.28. The summed E-state index contributed by atoms with van der Waals surface area (Å²) in [6, 6.07) is 0. The molecule has 0 saturated heterocycles. The number of esters is 1. The summed E-state index contributed by atoms with van der Waals surface area (Å²) in [6.45, 7) is 7.39. The topological polar surface area (TPSA) is 70.1 Å². The smallest absolute Gasteiger partial charge is 0.360 e. The minimum Gasteiger partial charge on any atom is -0.461 e. The number of aromatic nitrogens is 2. The highest BCUT2D eigenvalue weighted by Crippen LogP contribution is 2.52. The maximum Gasteiger partial charge on any atom is 0.360 e. The third-order valence-corrected chi connectivity index (χ3v) is 3.48. The van der Waals surface area contributed by atoms with Crippen LogP contribution in [-0.4, -0.2) is 22.1 Å². The number of imidazole rings is 1. The average molecular weight is 237 g/mol. The predicted molar refractivity (Wildman–Crippen MR) is 64.5 cm³/mol.